The number of furan rings is 1. The highest BCUT2D eigenvalue weighted by atomic mass is 32.2. The second kappa shape index (κ2) is 9.55. The number of hydrogen-bond donors (Lipinski definition) is 1. The van der Waals surface area contributed by atoms with Gasteiger partial charge in [-0.25, -0.2) is 4.79 Å². The standard InChI is InChI=1S/C13H17NO4S2/c1-17-13(16)11(8-20-9-19-2)14-12(15)6-5-10-4-3-7-18-10/h3-7,11H,8-9H2,1-2H3,(H,14,15). The number of rotatable bonds is 8. The summed E-state index contributed by atoms with van der Waals surface area (Å²) in [5.41, 5.74) is 0. The molecule has 1 heterocycles. The van der Waals surface area contributed by atoms with Crippen LogP contribution in [-0.4, -0.2) is 42.1 Å². The Balaban J connectivity index is 2.50. The number of amides is 1. The van der Waals surface area contributed by atoms with Crippen LogP contribution in [0.4, 0.5) is 0 Å². The highest BCUT2D eigenvalue weighted by Crippen LogP contribution is 2.10. The molecular formula is C13H17NO4S2. The predicted molar refractivity (Wildman–Crippen MR) is 82.5 cm³/mol. The molecule has 1 atom stereocenters. The van der Waals surface area contributed by atoms with Crippen LogP contribution in [0.15, 0.2) is 28.9 Å². The summed E-state index contributed by atoms with van der Waals surface area (Å²) in [7, 11) is 1.30. The van der Waals surface area contributed by atoms with Crippen molar-refractivity contribution in [3.63, 3.8) is 0 Å². The van der Waals surface area contributed by atoms with Gasteiger partial charge in [-0.1, -0.05) is 0 Å². The summed E-state index contributed by atoms with van der Waals surface area (Å²) in [6.07, 6.45) is 6.37. The minimum Gasteiger partial charge on any atom is -0.467 e. The van der Waals surface area contributed by atoms with Crippen molar-refractivity contribution < 1.29 is 18.7 Å². The molecule has 1 aromatic heterocycles. The molecule has 1 aromatic rings. The number of thioether (sulfide) groups is 2. The van der Waals surface area contributed by atoms with Gasteiger partial charge >= 0.3 is 5.97 Å². The fourth-order valence-corrected chi connectivity index (χ4v) is 2.83. The molecule has 0 aliphatic rings. The van der Waals surface area contributed by atoms with Crippen molar-refractivity contribution in [2.45, 2.75) is 6.04 Å². The molecule has 0 aromatic carbocycles. The van der Waals surface area contributed by atoms with Gasteiger partial charge in [-0.15, -0.1) is 11.8 Å². The topological polar surface area (TPSA) is 68.5 Å². The van der Waals surface area contributed by atoms with Crippen molar-refractivity contribution in [1.29, 1.82) is 0 Å². The molecular weight excluding hydrogens is 298 g/mol. The van der Waals surface area contributed by atoms with Crippen LogP contribution in [0.5, 0.6) is 0 Å². The molecule has 0 aliphatic heterocycles. The van der Waals surface area contributed by atoms with Crippen LogP contribution >= 0.6 is 23.5 Å². The molecule has 7 heteroatoms. The van der Waals surface area contributed by atoms with Crippen molar-refractivity contribution in [3.8, 4) is 0 Å². The smallest absolute Gasteiger partial charge is 0.329 e. The molecule has 0 spiro atoms. The summed E-state index contributed by atoms with van der Waals surface area (Å²) >= 11 is 3.23. The number of hydrogen-bond acceptors (Lipinski definition) is 6. The SMILES string of the molecule is COC(=O)C(CSCSC)NC(=O)C=Cc1ccco1. The molecule has 0 radical (unpaired) electrons. The van der Waals surface area contributed by atoms with Crippen molar-refractivity contribution in [2.24, 2.45) is 0 Å². The Bertz CT molecular complexity index is 445. The van der Waals surface area contributed by atoms with E-state index in [2.05, 4.69) is 10.1 Å². The third-order valence-corrected chi connectivity index (χ3v) is 4.41. The third-order valence-electron chi connectivity index (χ3n) is 2.23. The zero-order chi connectivity index (χ0) is 14.8. The largest absolute Gasteiger partial charge is 0.467 e. The molecule has 1 unspecified atom stereocenters. The summed E-state index contributed by atoms with van der Waals surface area (Å²) < 4.78 is 9.75. The molecule has 1 rings (SSSR count). The van der Waals surface area contributed by atoms with Crippen LogP contribution in [0.2, 0.25) is 0 Å². The molecule has 1 amide bonds. The Morgan fingerprint density at radius 1 is 1.55 bits per heavy atom. The first-order valence-electron chi connectivity index (χ1n) is 5.84. The average molecular weight is 315 g/mol. The van der Waals surface area contributed by atoms with E-state index in [4.69, 9.17) is 4.42 Å². The Kier molecular flexibility index (Phi) is 7.98. The van der Waals surface area contributed by atoms with Gasteiger partial charge in [0.15, 0.2) is 0 Å². The van der Waals surface area contributed by atoms with Gasteiger partial charge in [0.1, 0.15) is 11.8 Å². The van der Waals surface area contributed by atoms with E-state index in [0.717, 1.165) is 5.08 Å². The molecule has 5 nitrogen and oxygen atoms in total. The second-order valence-corrected chi connectivity index (χ2v) is 5.97. The number of esters is 1. The minimum absolute atomic E-state index is 0.360. The first kappa shape index (κ1) is 16.7. The van der Waals surface area contributed by atoms with E-state index >= 15 is 0 Å². The third kappa shape index (κ3) is 6.21. The quantitative estimate of drug-likeness (QED) is 0.342. The minimum atomic E-state index is -0.647. The van der Waals surface area contributed by atoms with Crippen LogP contribution in [-0.2, 0) is 14.3 Å². The van der Waals surface area contributed by atoms with Crippen LogP contribution < -0.4 is 5.32 Å². The van der Waals surface area contributed by atoms with Gasteiger partial charge < -0.3 is 14.5 Å². The van der Waals surface area contributed by atoms with Gasteiger partial charge in [-0.3, -0.25) is 4.79 Å². The Morgan fingerprint density at radius 2 is 2.35 bits per heavy atom. The zero-order valence-corrected chi connectivity index (χ0v) is 13.0. The second-order valence-electron chi connectivity index (χ2n) is 3.71. The van der Waals surface area contributed by atoms with E-state index in [-0.39, 0.29) is 5.91 Å². The lowest BCUT2D eigenvalue weighted by Crippen LogP contribution is -2.42. The molecule has 1 N–H and O–H groups in total. The van der Waals surface area contributed by atoms with E-state index in [1.807, 2.05) is 6.26 Å². The first-order valence-corrected chi connectivity index (χ1v) is 8.38. The number of carbonyl (C=O) groups is 2. The normalized spacial score (nSPS) is 12.3. The van der Waals surface area contributed by atoms with Gasteiger partial charge in [0.25, 0.3) is 0 Å². The lowest BCUT2D eigenvalue weighted by Gasteiger charge is -2.14. The number of ether oxygens (including phenoxy) is 1. The van der Waals surface area contributed by atoms with Crippen LogP contribution in [0.25, 0.3) is 6.08 Å². The van der Waals surface area contributed by atoms with E-state index in [1.165, 1.54) is 19.4 Å². The lowest BCUT2D eigenvalue weighted by molar-refractivity contribution is -0.143. The molecule has 0 bridgehead atoms. The average Bonchev–Trinajstić information content (AvgIpc) is 2.96. The maximum atomic E-state index is 11.7. The van der Waals surface area contributed by atoms with Crippen molar-refractivity contribution in [3.05, 3.63) is 30.2 Å². The number of carbonyl (C=O) groups excluding carboxylic acids is 2. The molecule has 110 valence electrons. The molecule has 0 saturated heterocycles. The highest BCUT2D eigenvalue weighted by Gasteiger charge is 2.20. The molecule has 0 aliphatic carbocycles. The van der Waals surface area contributed by atoms with Crippen molar-refractivity contribution in [2.75, 3.05) is 24.2 Å². The predicted octanol–water partition coefficient (Wildman–Crippen LogP) is 2.00. The van der Waals surface area contributed by atoms with E-state index < -0.39 is 12.0 Å². The van der Waals surface area contributed by atoms with E-state index in [1.54, 1.807) is 41.7 Å². The van der Waals surface area contributed by atoms with Crippen LogP contribution in [0.1, 0.15) is 5.76 Å². The summed E-state index contributed by atoms with van der Waals surface area (Å²) in [5.74, 6) is 0.250. The van der Waals surface area contributed by atoms with Crippen LogP contribution in [0.3, 0.4) is 0 Å². The maximum Gasteiger partial charge on any atom is 0.329 e. The summed E-state index contributed by atoms with van der Waals surface area (Å²) in [4.78, 5) is 23.3. The highest BCUT2D eigenvalue weighted by molar-refractivity contribution is 8.15. The van der Waals surface area contributed by atoms with E-state index in [0.29, 0.717) is 11.5 Å². The van der Waals surface area contributed by atoms with Gasteiger partial charge in [0, 0.05) is 16.9 Å². The maximum absolute atomic E-state index is 11.7. The number of nitrogens with one attached hydrogen (secondary N) is 1. The van der Waals surface area contributed by atoms with Gasteiger partial charge in [0.2, 0.25) is 5.91 Å². The summed E-state index contributed by atoms with van der Waals surface area (Å²) in [6.45, 7) is 0. The van der Waals surface area contributed by atoms with E-state index in [9.17, 15) is 9.59 Å². The lowest BCUT2D eigenvalue weighted by atomic mass is 10.3. The first-order chi connectivity index (χ1) is 9.67. The summed E-state index contributed by atoms with van der Waals surface area (Å²) in [6, 6.07) is 2.81. The van der Waals surface area contributed by atoms with Crippen molar-refractivity contribution in [1.82, 2.24) is 5.32 Å². The molecule has 20 heavy (non-hydrogen) atoms. The Morgan fingerprint density at radius 3 is 2.95 bits per heavy atom. The zero-order valence-electron chi connectivity index (χ0n) is 11.3. The number of methoxy groups -OCH3 is 1. The van der Waals surface area contributed by atoms with Gasteiger partial charge in [-0.05, 0) is 24.5 Å². The Labute approximate surface area is 126 Å². The summed E-state index contributed by atoms with van der Waals surface area (Å²) in [5, 5.41) is 3.47. The van der Waals surface area contributed by atoms with Crippen LogP contribution in [0, 0.1) is 0 Å². The monoisotopic (exact) mass is 315 g/mol. The fourth-order valence-electron chi connectivity index (χ4n) is 1.32. The molecule has 0 saturated carbocycles. The Hall–Kier alpha value is -1.34. The van der Waals surface area contributed by atoms with Gasteiger partial charge in [0.05, 0.1) is 13.4 Å². The van der Waals surface area contributed by atoms with Crippen molar-refractivity contribution >= 4 is 41.5 Å². The van der Waals surface area contributed by atoms with Gasteiger partial charge in [-0.2, -0.15) is 11.8 Å². The fraction of sp³-hybridized carbons (Fsp3) is 0.385. The molecule has 0 fully saturated rings.